The lowest BCUT2D eigenvalue weighted by Crippen LogP contribution is -2.42. The van der Waals surface area contributed by atoms with E-state index in [0.29, 0.717) is 0 Å². The molecule has 1 aromatic rings. The van der Waals surface area contributed by atoms with Crippen molar-refractivity contribution in [1.29, 1.82) is 0 Å². The monoisotopic (exact) mass is 246 g/mol. The minimum Gasteiger partial charge on any atom is -0.313 e. The van der Waals surface area contributed by atoms with Crippen LogP contribution in [0.3, 0.4) is 0 Å². The Hall–Kier alpha value is -0.860. The molecule has 1 aliphatic rings. The van der Waals surface area contributed by atoms with Crippen molar-refractivity contribution < 1.29 is 0 Å². The number of likely N-dealkylation sites (N-methyl/N-ethyl adjacent to an activating group) is 1. The number of benzene rings is 1. The maximum absolute atomic E-state index is 3.62. The Balaban J connectivity index is 1.61. The fourth-order valence-corrected chi connectivity index (χ4v) is 2.75. The van der Waals surface area contributed by atoms with Gasteiger partial charge in [0.2, 0.25) is 0 Å². The normalized spacial score (nSPS) is 20.2. The van der Waals surface area contributed by atoms with Crippen molar-refractivity contribution in [2.75, 3.05) is 26.7 Å². The van der Waals surface area contributed by atoms with Crippen LogP contribution in [0.4, 0.5) is 0 Å². The first-order valence-electron chi connectivity index (χ1n) is 7.30. The minimum absolute atomic E-state index is 0.723. The lowest BCUT2D eigenvalue weighted by molar-refractivity contribution is 0.260. The Kier molecular flexibility index (Phi) is 5.69. The van der Waals surface area contributed by atoms with Crippen LogP contribution >= 0.6 is 0 Å². The predicted octanol–water partition coefficient (Wildman–Crippen LogP) is 2.69. The summed E-state index contributed by atoms with van der Waals surface area (Å²) >= 11 is 0. The molecule has 1 heterocycles. The Morgan fingerprint density at radius 1 is 1.22 bits per heavy atom. The van der Waals surface area contributed by atoms with Gasteiger partial charge in [0.15, 0.2) is 0 Å². The van der Waals surface area contributed by atoms with Crippen molar-refractivity contribution in [3.8, 4) is 0 Å². The molecule has 0 spiro atoms. The summed E-state index contributed by atoms with van der Waals surface area (Å²) in [6.07, 6.45) is 6.56. The third-order valence-electron chi connectivity index (χ3n) is 3.79. The van der Waals surface area contributed by atoms with E-state index in [4.69, 9.17) is 0 Å². The summed E-state index contributed by atoms with van der Waals surface area (Å²) in [5.74, 6) is 0. The highest BCUT2D eigenvalue weighted by Gasteiger charge is 2.13. The van der Waals surface area contributed by atoms with Gasteiger partial charge < -0.3 is 10.2 Å². The van der Waals surface area contributed by atoms with Gasteiger partial charge in [-0.15, -0.1) is 0 Å². The Labute approximate surface area is 111 Å². The summed E-state index contributed by atoms with van der Waals surface area (Å²) < 4.78 is 0. The lowest BCUT2D eigenvalue weighted by atomic mass is 10.0. The maximum atomic E-state index is 3.62. The molecule has 0 radical (unpaired) electrons. The van der Waals surface area contributed by atoms with Gasteiger partial charge in [-0.3, -0.25) is 0 Å². The molecule has 1 atom stereocenters. The molecule has 1 aliphatic heterocycles. The number of piperidine rings is 1. The van der Waals surface area contributed by atoms with Gasteiger partial charge in [-0.25, -0.2) is 0 Å². The molecule has 1 unspecified atom stereocenters. The predicted molar refractivity (Wildman–Crippen MR) is 77.9 cm³/mol. The van der Waals surface area contributed by atoms with Crippen LogP contribution in [0.1, 0.15) is 31.2 Å². The molecule has 0 amide bonds. The molecule has 1 fully saturated rings. The van der Waals surface area contributed by atoms with Crippen LogP contribution in [-0.2, 0) is 6.42 Å². The number of hydrogen-bond acceptors (Lipinski definition) is 2. The van der Waals surface area contributed by atoms with Crippen molar-refractivity contribution in [2.24, 2.45) is 0 Å². The van der Waals surface area contributed by atoms with E-state index in [1.54, 1.807) is 0 Å². The van der Waals surface area contributed by atoms with Gasteiger partial charge in [0.25, 0.3) is 0 Å². The van der Waals surface area contributed by atoms with Crippen molar-refractivity contribution in [3.05, 3.63) is 35.9 Å². The highest BCUT2D eigenvalue weighted by atomic mass is 15.1. The van der Waals surface area contributed by atoms with Gasteiger partial charge >= 0.3 is 0 Å². The van der Waals surface area contributed by atoms with Crippen molar-refractivity contribution >= 4 is 0 Å². The molecule has 0 bridgehead atoms. The molecular formula is C16H26N2. The second-order valence-electron chi connectivity index (χ2n) is 5.50. The van der Waals surface area contributed by atoms with Crippen LogP contribution in [0.15, 0.2) is 30.3 Å². The third-order valence-corrected chi connectivity index (χ3v) is 3.79. The van der Waals surface area contributed by atoms with E-state index >= 15 is 0 Å². The highest BCUT2D eigenvalue weighted by molar-refractivity contribution is 5.14. The van der Waals surface area contributed by atoms with Gasteiger partial charge in [-0.1, -0.05) is 36.8 Å². The lowest BCUT2D eigenvalue weighted by Gasteiger charge is -2.28. The molecule has 2 rings (SSSR count). The topological polar surface area (TPSA) is 15.3 Å². The van der Waals surface area contributed by atoms with E-state index < -0.39 is 0 Å². The van der Waals surface area contributed by atoms with Crippen molar-refractivity contribution in [2.45, 2.75) is 38.1 Å². The number of nitrogens with zero attached hydrogens (tertiary/aromatic N) is 1. The largest absolute Gasteiger partial charge is 0.313 e. The van der Waals surface area contributed by atoms with Gasteiger partial charge in [0, 0.05) is 12.6 Å². The standard InChI is InChI=1S/C16H26N2/c1-18(14-16-11-5-6-12-17-16)13-7-10-15-8-3-2-4-9-15/h2-4,8-9,16-17H,5-7,10-14H2,1H3. The summed E-state index contributed by atoms with van der Waals surface area (Å²) in [5, 5.41) is 3.62. The molecule has 0 aromatic heterocycles. The van der Waals surface area contributed by atoms with Gasteiger partial charge in [-0.2, -0.15) is 0 Å². The second-order valence-corrected chi connectivity index (χ2v) is 5.50. The average Bonchev–Trinajstić information content (AvgIpc) is 2.41. The molecule has 100 valence electrons. The fraction of sp³-hybridized carbons (Fsp3) is 0.625. The zero-order valence-corrected chi connectivity index (χ0v) is 11.6. The van der Waals surface area contributed by atoms with Gasteiger partial charge in [-0.05, 0) is 51.4 Å². The first-order chi connectivity index (χ1) is 8.84. The van der Waals surface area contributed by atoms with Crippen LogP contribution in [0.5, 0.6) is 0 Å². The average molecular weight is 246 g/mol. The number of rotatable bonds is 6. The van der Waals surface area contributed by atoms with E-state index in [1.165, 1.54) is 57.3 Å². The molecule has 1 aromatic carbocycles. The summed E-state index contributed by atoms with van der Waals surface area (Å²) in [5.41, 5.74) is 1.46. The van der Waals surface area contributed by atoms with Crippen LogP contribution in [-0.4, -0.2) is 37.6 Å². The van der Waals surface area contributed by atoms with E-state index in [-0.39, 0.29) is 0 Å². The number of nitrogens with one attached hydrogen (secondary N) is 1. The summed E-state index contributed by atoms with van der Waals surface area (Å²) in [6.45, 7) is 3.62. The van der Waals surface area contributed by atoms with E-state index in [0.717, 1.165) is 6.04 Å². The number of hydrogen-bond donors (Lipinski definition) is 1. The fourth-order valence-electron chi connectivity index (χ4n) is 2.75. The Morgan fingerprint density at radius 3 is 2.78 bits per heavy atom. The van der Waals surface area contributed by atoms with Crippen molar-refractivity contribution in [1.82, 2.24) is 10.2 Å². The van der Waals surface area contributed by atoms with E-state index in [1.807, 2.05) is 0 Å². The first-order valence-corrected chi connectivity index (χ1v) is 7.30. The zero-order chi connectivity index (χ0) is 12.6. The molecule has 18 heavy (non-hydrogen) atoms. The van der Waals surface area contributed by atoms with Crippen LogP contribution in [0, 0.1) is 0 Å². The smallest absolute Gasteiger partial charge is 0.0194 e. The highest BCUT2D eigenvalue weighted by Crippen LogP contribution is 2.08. The van der Waals surface area contributed by atoms with Crippen LogP contribution in [0.25, 0.3) is 0 Å². The zero-order valence-electron chi connectivity index (χ0n) is 11.6. The first kappa shape index (κ1) is 13.6. The molecule has 0 saturated carbocycles. The van der Waals surface area contributed by atoms with Gasteiger partial charge in [0.05, 0.1) is 0 Å². The molecule has 2 nitrogen and oxygen atoms in total. The quantitative estimate of drug-likeness (QED) is 0.830. The van der Waals surface area contributed by atoms with Crippen LogP contribution < -0.4 is 5.32 Å². The molecule has 1 N–H and O–H groups in total. The summed E-state index contributed by atoms with van der Waals surface area (Å²) in [7, 11) is 2.25. The van der Waals surface area contributed by atoms with Crippen LogP contribution in [0.2, 0.25) is 0 Å². The minimum atomic E-state index is 0.723. The Morgan fingerprint density at radius 2 is 2.06 bits per heavy atom. The van der Waals surface area contributed by atoms with Crippen molar-refractivity contribution in [3.63, 3.8) is 0 Å². The number of aryl methyl sites for hydroxylation is 1. The van der Waals surface area contributed by atoms with E-state index in [9.17, 15) is 0 Å². The maximum Gasteiger partial charge on any atom is 0.0194 e. The summed E-state index contributed by atoms with van der Waals surface area (Å²) in [6, 6.07) is 11.5. The third kappa shape index (κ3) is 4.79. The molecular weight excluding hydrogens is 220 g/mol. The molecule has 2 heteroatoms. The Bertz CT molecular complexity index is 317. The van der Waals surface area contributed by atoms with Gasteiger partial charge in [0.1, 0.15) is 0 Å². The van der Waals surface area contributed by atoms with E-state index in [2.05, 4.69) is 47.6 Å². The second kappa shape index (κ2) is 7.55. The molecule has 0 aliphatic carbocycles. The summed E-state index contributed by atoms with van der Waals surface area (Å²) in [4.78, 5) is 2.48. The SMILES string of the molecule is CN(CCCc1ccccc1)CC1CCCCN1. The molecule has 1 saturated heterocycles.